The van der Waals surface area contributed by atoms with Crippen molar-refractivity contribution in [1.29, 1.82) is 0 Å². The summed E-state index contributed by atoms with van der Waals surface area (Å²) in [6.45, 7) is 9.78. The van der Waals surface area contributed by atoms with E-state index in [2.05, 4.69) is 31.0 Å². The molecule has 3 heteroatoms. The molecule has 1 saturated carbocycles. The molecule has 2 aliphatic rings. The Labute approximate surface area is 118 Å². The van der Waals surface area contributed by atoms with Crippen molar-refractivity contribution >= 4 is 5.91 Å². The number of carbonyl (C=O) groups excluding carboxylic acids is 1. The van der Waals surface area contributed by atoms with Gasteiger partial charge in [0.1, 0.15) is 0 Å². The van der Waals surface area contributed by atoms with Crippen molar-refractivity contribution in [2.45, 2.75) is 78.4 Å². The van der Waals surface area contributed by atoms with Gasteiger partial charge >= 0.3 is 0 Å². The van der Waals surface area contributed by atoms with Crippen LogP contribution in [-0.4, -0.2) is 29.6 Å². The van der Waals surface area contributed by atoms with Crippen LogP contribution in [0.4, 0.5) is 0 Å². The van der Waals surface area contributed by atoms with Gasteiger partial charge in [0.25, 0.3) is 0 Å². The topological polar surface area (TPSA) is 32.3 Å². The second-order valence-electron chi connectivity index (χ2n) is 7.37. The third-order valence-corrected chi connectivity index (χ3v) is 4.78. The summed E-state index contributed by atoms with van der Waals surface area (Å²) < 4.78 is 0. The maximum absolute atomic E-state index is 12.4. The van der Waals surface area contributed by atoms with Gasteiger partial charge in [0.05, 0.1) is 12.2 Å². The number of hydrogen-bond acceptors (Lipinski definition) is 2. The van der Waals surface area contributed by atoms with Crippen LogP contribution in [0, 0.1) is 11.3 Å². The molecule has 2 unspecified atom stereocenters. The molecule has 0 spiro atoms. The first kappa shape index (κ1) is 14.8. The van der Waals surface area contributed by atoms with E-state index in [1.807, 2.05) is 6.92 Å². The zero-order chi connectivity index (χ0) is 14.0. The lowest BCUT2D eigenvalue weighted by molar-refractivity contribution is -0.131. The van der Waals surface area contributed by atoms with E-state index in [-0.39, 0.29) is 12.2 Å². The average Bonchev–Trinajstić information content (AvgIpc) is 2.57. The Morgan fingerprint density at radius 1 is 1.32 bits per heavy atom. The number of amides is 1. The van der Waals surface area contributed by atoms with E-state index >= 15 is 0 Å². The Bertz CT molecular complexity index is 321. The number of nitrogens with one attached hydrogen (secondary N) is 1. The zero-order valence-corrected chi connectivity index (χ0v) is 13.0. The number of nitrogens with zero attached hydrogens (tertiary/aromatic N) is 1. The first-order valence-corrected chi connectivity index (χ1v) is 7.98. The van der Waals surface area contributed by atoms with Crippen molar-refractivity contribution in [2.75, 3.05) is 6.54 Å². The van der Waals surface area contributed by atoms with Crippen molar-refractivity contribution in [1.82, 2.24) is 10.2 Å². The largest absolute Gasteiger partial charge is 0.325 e. The summed E-state index contributed by atoms with van der Waals surface area (Å²) in [5.74, 6) is 0.926. The second-order valence-corrected chi connectivity index (χ2v) is 7.37. The minimum absolute atomic E-state index is 0.00376. The molecule has 3 nitrogen and oxygen atoms in total. The molecule has 0 aromatic rings. The van der Waals surface area contributed by atoms with Crippen LogP contribution in [0.15, 0.2) is 0 Å². The van der Waals surface area contributed by atoms with Crippen LogP contribution in [0.25, 0.3) is 0 Å². The molecule has 0 aromatic carbocycles. The van der Waals surface area contributed by atoms with Crippen LogP contribution >= 0.6 is 0 Å². The van der Waals surface area contributed by atoms with Crippen LogP contribution in [-0.2, 0) is 4.79 Å². The Balaban J connectivity index is 2.04. The van der Waals surface area contributed by atoms with Crippen LogP contribution in [0.3, 0.4) is 0 Å². The van der Waals surface area contributed by atoms with Crippen molar-refractivity contribution < 1.29 is 4.79 Å². The predicted molar refractivity (Wildman–Crippen MR) is 78.7 cm³/mol. The van der Waals surface area contributed by atoms with Crippen LogP contribution in [0.2, 0.25) is 0 Å². The van der Waals surface area contributed by atoms with Gasteiger partial charge < -0.3 is 4.90 Å². The molecular formula is C16H30N2O. The number of hydrogen-bond donors (Lipinski definition) is 1. The minimum Gasteiger partial charge on any atom is -0.325 e. The molecule has 2 atom stereocenters. The van der Waals surface area contributed by atoms with Gasteiger partial charge in [0.2, 0.25) is 5.91 Å². The summed E-state index contributed by atoms with van der Waals surface area (Å²) in [6.07, 6.45) is 7.90. The van der Waals surface area contributed by atoms with E-state index in [0.29, 0.717) is 17.2 Å². The van der Waals surface area contributed by atoms with E-state index in [1.54, 1.807) is 0 Å². The van der Waals surface area contributed by atoms with Crippen LogP contribution in [0.1, 0.15) is 66.2 Å². The van der Waals surface area contributed by atoms with Crippen molar-refractivity contribution in [2.24, 2.45) is 11.3 Å². The third kappa shape index (κ3) is 3.50. The van der Waals surface area contributed by atoms with E-state index in [0.717, 1.165) is 13.0 Å². The minimum atomic E-state index is -0.00376. The Morgan fingerprint density at radius 3 is 2.53 bits per heavy atom. The zero-order valence-electron chi connectivity index (χ0n) is 13.0. The fourth-order valence-corrected chi connectivity index (χ4v) is 3.66. The summed E-state index contributed by atoms with van der Waals surface area (Å²) in [5, 5.41) is 3.47. The van der Waals surface area contributed by atoms with Gasteiger partial charge in [-0.3, -0.25) is 10.1 Å². The highest BCUT2D eigenvalue weighted by Gasteiger charge is 2.40. The monoisotopic (exact) mass is 266 g/mol. The molecule has 0 aromatic heterocycles. The molecule has 1 aliphatic heterocycles. The molecule has 1 saturated heterocycles. The lowest BCUT2D eigenvalue weighted by Crippen LogP contribution is -2.45. The van der Waals surface area contributed by atoms with E-state index in [9.17, 15) is 4.79 Å². The highest BCUT2D eigenvalue weighted by molar-refractivity contribution is 5.83. The van der Waals surface area contributed by atoms with Crippen LogP contribution in [0.5, 0.6) is 0 Å². The van der Waals surface area contributed by atoms with Gasteiger partial charge in [-0.25, -0.2) is 0 Å². The van der Waals surface area contributed by atoms with E-state index in [4.69, 9.17) is 0 Å². The van der Waals surface area contributed by atoms with E-state index in [1.165, 1.54) is 32.1 Å². The highest BCUT2D eigenvalue weighted by Crippen LogP contribution is 2.37. The molecule has 0 radical (unpaired) electrons. The molecule has 0 bridgehead atoms. The Kier molecular flexibility index (Phi) is 4.54. The van der Waals surface area contributed by atoms with Gasteiger partial charge in [-0.2, -0.15) is 0 Å². The standard InChI is InChI=1S/C16H30N2O/c1-12(2)10-14-17-13(3)15(19)18(14)11-16(4)8-6-5-7-9-16/h12-14,17H,5-11H2,1-4H3. The maximum Gasteiger partial charge on any atom is 0.240 e. The van der Waals surface area contributed by atoms with Gasteiger partial charge in [-0.1, -0.05) is 40.0 Å². The lowest BCUT2D eigenvalue weighted by Gasteiger charge is -2.39. The molecule has 2 fully saturated rings. The van der Waals surface area contributed by atoms with Crippen LogP contribution < -0.4 is 5.32 Å². The summed E-state index contributed by atoms with van der Waals surface area (Å²) in [4.78, 5) is 14.5. The predicted octanol–water partition coefficient (Wildman–Crippen LogP) is 3.15. The van der Waals surface area contributed by atoms with E-state index < -0.39 is 0 Å². The van der Waals surface area contributed by atoms with Gasteiger partial charge in [0, 0.05) is 6.54 Å². The summed E-state index contributed by atoms with van der Waals surface area (Å²) in [6, 6.07) is -0.00376. The quantitative estimate of drug-likeness (QED) is 0.848. The summed E-state index contributed by atoms with van der Waals surface area (Å²) in [7, 11) is 0. The smallest absolute Gasteiger partial charge is 0.240 e. The number of rotatable bonds is 4. The molecule has 1 amide bonds. The lowest BCUT2D eigenvalue weighted by atomic mass is 9.75. The third-order valence-electron chi connectivity index (χ3n) is 4.78. The molecule has 1 heterocycles. The van der Waals surface area contributed by atoms with Gasteiger partial charge in [-0.15, -0.1) is 0 Å². The maximum atomic E-state index is 12.4. The molecule has 110 valence electrons. The van der Waals surface area contributed by atoms with Crippen molar-refractivity contribution in [3.05, 3.63) is 0 Å². The first-order valence-electron chi connectivity index (χ1n) is 7.98. The summed E-state index contributed by atoms with van der Waals surface area (Å²) >= 11 is 0. The molecule has 1 aliphatic carbocycles. The Morgan fingerprint density at radius 2 is 1.95 bits per heavy atom. The Hall–Kier alpha value is -0.570. The SMILES string of the molecule is CC(C)CC1NC(C)C(=O)N1CC1(C)CCCCC1. The van der Waals surface area contributed by atoms with Gasteiger partial charge in [0.15, 0.2) is 0 Å². The van der Waals surface area contributed by atoms with Gasteiger partial charge in [-0.05, 0) is 37.5 Å². The normalized spacial score (nSPS) is 31.2. The van der Waals surface area contributed by atoms with Crippen molar-refractivity contribution in [3.8, 4) is 0 Å². The molecule has 1 N–H and O–H groups in total. The second kappa shape index (κ2) is 5.82. The molecular weight excluding hydrogens is 236 g/mol. The highest BCUT2D eigenvalue weighted by atomic mass is 16.2. The number of carbonyl (C=O) groups is 1. The average molecular weight is 266 g/mol. The molecule has 2 rings (SSSR count). The van der Waals surface area contributed by atoms with Crippen molar-refractivity contribution in [3.63, 3.8) is 0 Å². The fraction of sp³-hybridized carbons (Fsp3) is 0.938. The molecule has 19 heavy (non-hydrogen) atoms. The fourth-order valence-electron chi connectivity index (χ4n) is 3.66. The first-order chi connectivity index (χ1) is 8.91. The summed E-state index contributed by atoms with van der Waals surface area (Å²) in [5.41, 5.74) is 0.342.